The average Bonchev–Trinajstić information content (AvgIpc) is 3.18. The van der Waals surface area contributed by atoms with Gasteiger partial charge in [0.2, 0.25) is 10.0 Å². The summed E-state index contributed by atoms with van der Waals surface area (Å²) in [5.74, 6) is 0.960. The molecule has 0 unspecified atom stereocenters. The molecule has 11 heteroatoms. The van der Waals surface area contributed by atoms with E-state index >= 15 is 0 Å². The number of carbonyl (C=O) groups is 1. The third kappa shape index (κ3) is 6.53. The number of carbonyl (C=O) groups excluding carboxylic acids is 1. The standard InChI is InChI=1S/C36H48ClN3O6S/c1-22-5-3-7-30(35-44-18-28(38)19-45-35)29-11-8-26(29)17-40-20-36(14-4-6-24-15-27(37)10-12-31(24)36)21-46-33-13-9-25(16-32(33)40)34(41)39-47(42,43)23(22)2/h9-10,12-13,15-16,22-23,26,28-30,35H,3-8,11,14,17-21,38H2,1-2H3,(H,39,41)/t22-,23+,26-,28-,29+,30+,35-,36-/m0/s1. The van der Waals surface area contributed by atoms with E-state index in [2.05, 4.69) is 21.8 Å². The van der Waals surface area contributed by atoms with Crippen LogP contribution in [0.3, 0.4) is 0 Å². The SMILES string of the molecule is C[C@@H]1[C@@H](C)CCC[C@@H]([C@H]2OC[C@H](N)CO2)[C@@H]2CC[C@H]2CN2C[C@@]3(CCCc4cc(Cl)ccc43)COc3ccc(cc32)C(=O)NS1(=O)=O. The number of rotatable bonds is 1. The summed E-state index contributed by atoms with van der Waals surface area (Å²) in [6.07, 6.45) is 7.34. The van der Waals surface area contributed by atoms with E-state index < -0.39 is 21.2 Å². The zero-order valence-corrected chi connectivity index (χ0v) is 29.0. The molecule has 1 spiro atoms. The lowest BCUT2D eigenvalue weighted by molar-refractivity contribution is -0.229. The summed E-state index contributed by atoms with van der Waals surface area (Å²) < 4.78 is 48.3. The summed E-state index contributed by atoms with van der Waals surface area (Å²) in [5, 5.41) is 0.0178. The van der Waals surface area contributed by atoms with Crippen LogP contribution in [0.4, 0.5) is 5.69 Å². The smallest absolute Gasteiger partial charge is 0.264 e. The topological polar surface area (TPSA) is 120 Å². The van der Waals surface area contributed by atoms with Crippen LogP contribution in [0.1, 0.15) is 80.3 Å². The Morgan fingerprint density at radius 3 is 2.57 bits per heavy atom. The summed E-state index contributed by atoms with van der Waals surface area (Å²) in [4.78, 5) is 15.9. The van der Waals surface area contributed by atoms with Gasteiger partial charge in [-0.2, -0.15) is 0 Å². The van der Waals surface area contributed by atoms with Crippen LogP contribution in [0.15, 0.2) is 36.4 Å². The van der Waals surface area contributed by atoms with E-state index in [0.717, 1.165) is 75.2 Å². The maximum atomic E-state index is 13.5. The van der Waals surface area contributed by atoms with Crippen molar-refractivity contribution in [2.45, 2.75) is 88.2 Å². The minimum Gasteiger partial charge on any atom is -0.490 e. The molecule has 2 aromatic rings. The van der Waals surface area contributed by atoms with Crippen LogP contribution in [-0.4, -0.2) is 64.8 Å². The van der Waals surface area contributed by atoms with Crippen LogP contribution < -0.4 is 20.1 Å². The molecule has 2 fully saturated rings. The molecule has 2 aliphatic carbocycles. The maximum Gasteiger partial charge on any atom is 0.264 e. The number of nitrogens with one attached hydrogen (secondary N) is 1. The van der Waals surface area contributed by atoms with Crippen molar-refractivity contribution in [2.24, 2.45) is 29.4 Å². The second-order valence-electron chi connectivity index (χ2n) is 14.8. The molecule has 2 aromatic carbocycles. The highest BCUT2D eigenvalue weighted by atomic mass is 35.5. The number of nitrogens with two attached hydrogens (primary N) is 1. The van der Waals surface area contributed by atoms with Crippen LogP contribution in [0, 0.1) is 23.7 Å². The molecular formula is C36H48ClN3O6S. The van der Waals surface area contributed by atoms with Gasteiger partial charge in [-0.25, -0.2) is 13.1 Å². The van der Waals surface area contributed by atoms with Crippen LogP contribution in [-0.2, 0) is 31.3 Å². The van der Waals surface area contributed by atoms with Crippen LogP contribution >= 0.6 is 11.6 Å². The fourth-order valence-electron chi connectivity index (χ4n) is 8.75. The Kier molecular flexibility index (Phi) is 9.28. The molecule has 256 valence electrons. The normalized spacial score (nSPS) is 35.8. The molecular weight excluding hydrogens is 638 g/mol. The van der Waals surface area contributed by atoms with Gasteiger partial charge in [-0.15, -0.1) is 0 Å². The summed E-state index contributed by atoms with van der Waals surface area (Å²) in [7, 11) is -3.90. The minimum absolute atomic E-state index is 0.122. The molecule has 0 aromatic heterocycles. The van der Waals surface area contributed by atoms with Crippen molar-refractivity contribution in [1.82, 2.24) is 4.72 Å². The largest absolute Gasteiger partial charge is 0.490 e. The van der Waals surface area contributed by atoms with Crippen molar-refractivity contribution in [3.8, 4) is 5.75 Å². The second kappa shape index (κ2) is 13.2. The fraction of sp³-hybridized carbons (Fsp3) is 0.639. The Labute approximate surface area is 283 Å². The van der Waals surface area contributed by atoms with Gasteiger partial charge in [0.1, 0.15) is 5.75 Å². The quantitative estimate of drug-likeness (QED) is 0.408. The first kappa shape index (κ1) is 33.1. The molecule has 1 saturated carbocycles. The van der Waals surface area contributed by atoms with Gasteiger partial charge < -0.3 is 24.8 Å². The first-order chi connectivity index (χ1) is 22.5. The van der Waals surface area contributed by atoms with Gasteiger partial charge in [0.05, 0.1) is 36.8 Å². The highest BCUT2D eigenvalue weighted by molar-refractivity contribution is 7.90. The Morgan fingerprint density at radius 2 is 1.81 bits per heavy atom. The molecule has 2 bridgehead atoms. The number of fused-ring (bicyclic) bond motifs is 4. The van der Waals surface area contributed by atoms with Crippen LogP contribution in [0.5, 0.6) is 5.75 Å². The number of nitrogens with zero attached hydrogens (tertiary/aromatic N) is 1. The van der Waals surface area contributed by atoms with Gasteiger partial charge in [0.25, 0.3) is 5.91 Å². The molecule has 7 rings (SSSR count). The van der Waals surface area contributed by atoms with Gasteiger partial charge in [0.15, 0.2) is 6.29 Å². The van der Waals surface area contributed by atoms with Crippen molar-refractivity contribution < 1.29 is 27.4 Å². The number of hydrogen-bond donors (Lipinski definition) is 2. The molecule has 47 heavy (non-hydrogen) atoms. The lowest BCUT2D eigenvalue weighted by atomic mass is 9.64. The predicted octanol–water partition coefficient (Wildman–Crippen LogP) is 5.42. The number of sulfonamides is 1. The van der Waals surface area contributed by atoms with Gasteiger partial charge >= 0.3 is 0 Å². The summed E-state index contributed by atoms with van der Waals surface area (Å²) in [6.45, 7) is 6.65. The zero-order chi connectivity index (χ0) is 32.9. The lowest BCUT2D eigenvalue weighted by Crippen LogP contribution is -2.51. The Balaban J connectivity index is 1.28. The van der Waals surface area contributed by atoms with E-state index in [-0.39, 0.29) is 29.6 Å². The predicted molar refractivity (Wildman–Crippen MR) is 182 cm³/mol. The van der Waals surface area contributed by atoms with E-state index in [1.807, 2.05) is 25.1 Å². The number of anilines is 1. The Hall–Kier alpha value is -2.37. The van der Waals surface area contributed by atoms with Crippen molar-refractivity contribution in [3.05, 3.63) is 58.1 Å². The highest BCUT2D eigenvalue weighted by Gasteiger charge is 2.46. The van der Waals surface area contributed by atoms with Gasteiger partial charge in [-0.3, -0.25) is 4.79 Å². The van der Waals surface area contributed by atoms with Crippen molar-refractivity contribution in [2.75, 3.05) is 37.8 Å². The van der Waals surface area contributed by atoms with E-state index in [4.69, 9.17) is 31.5 Å². The molecule has 3 aliphatic heterocycles. The monoisotopic (exact) mass is 685 g/mol. The number of aryl methyl sites for hydroxylation is 1. The summed E-state index contributed by atoms with van der Waals surface area (Å²) >= 11 is 6.45. The van der Waals surface area contributed by atoms with Gasteiger partial charge in [0, 0.05) is 35.0 Å². The molecule has 6 atom stereocenters. The Bertz CT molecular complexity index is 1600. The number of halogens is 1. The van der Waals surface area contributed by atoms with Crippen LogP contribution in [0.25, 0.3) is 0 Å². The highest BCUT2D eigenvalue weighted by Crippen LogP contribution is 2.49. The van der Waals surface area contributed by atoms with E-state index in [0.29, 0.717) is 43.0 Å². The number of ether oxygens (including phenoxy) is 3. The summed E-state index contributed by atoms with van der Waals surface area (Å²) in [6, 6.07) is 11.5. The number of amides is 1. The Morgan fingerprint density at radius 1 is 1.00 bits per heavy atom. The third-order valence-corrected chi connectivity index (χ3v) is 14.0. The molecule has 0 radical (unpaired) electrons. The van der Waals surface area contributed by atoms with Gasteiger partial charge in [-0.05, 0) is 111 Å². The van der Waals surface area contributed by atoms with E-state index in [1.165, 1.54) is 11.1 Å². The van der Waals surface area contributed by atoms with Gasteiger partial charge in [-0.1, -0.05) is 31.0 Å². The van der Waals surface area contributed by atoms with E-state index in [1.54, 1.807) is 13.0 Å². The van der Waals surface area contributed by atoms with E-state index in [9.17, 15) is 13.2 Å². The maximum absolute atomic E-state index is 13.5. The molecule has 3 heterocycles. The molecule has 1 saturated heterocycles. The third-order valence-electron chi connectivity index (χ3n) is 11.8. The van der Waals surface area contributed by atoms with Crippen molar-refractivity contribution >= 4 is 33.2 Å². The minimum atomic E-state index is -3.90. The van der Waals surface area contributed by atoms with Crippen molar-refractivity contribution in [1.29, 1.82) is 0 Å². The lowest BCUT2D eigenvalue weighted by Gasteiger charge is -2.48. The zero-order valence-electron chi connectivity index (χ0n) is 27.5. The summed E-state index contributed by atoms with van der Waals surface area (Å²) in [5.41, 5.74) is 9.56. The van der Waals surface area contributed by atoms with Crippen LogP contribution in [0.2, 0.25) is 5.02 Å². The molecule has 5 aliphatic rings. The van der Waals surface area contributed by atoms with Crippen molar-refractivity contribution in [3.63, 3.8) is 0 Å². The molecule has 3 N–H and O–H groups in total. The first-order valence-electron chi connectivity index (χ1n) is 17.4. The molecule has 9 nitrogen and oxygen atoms in total. The first-order valence-corrected chi connectivity index (χ1v) is 19.3. The number of hydrogen-bond acceptors (Lipinski definition) is 8. The number of benzene rings is 2. The average molecular weight is 686 g/mol. The second-order valence-corrected chi connectivity index (χ2v) is 17.3. The molecule has 1 amide bonds. The fourth-order valence-corrected chi connectivity index (χ4v) is 10.3.